The Kier molecular flexibility index (Phi) is 3.05. The molecule has 0 N–H and O–H groups in total. The van der Waals surface area contributed by atoms with Crippen molar-refractivity contribution in [3.63, 3.8) is 0 Å². The fourth-order valence-corrected chi connectivity index (χ4v) is 3.46. The third kappa shape index (κ3) is 2.26. The number of rotatable bonds is 3. The summed E-state index contributed by atoms with van der Waals surface area (Å²) >= 11 is 1.76. The van der Waals surface area contributed by atoms with Gasteiger partial charge in [0.15, 0.2) is 0 Å². The van der Waals surface area contributed by atoms with Crippen molar-refractivity contribution in [3.05, 3.63) is 77.7 Å². The Morgan fingerprint density at radius 3 is 2.33 bits per heavy atom. The van der Waals surface area contributed by atoms with E-state index in [-0.39, 0.29) is 0 Å². The predicted octanol–water partition coefficient (Wildman–Crippen LogP) is 4.81. The van der Waals surface area contributed by atoms with E-state index in [4.69, 9.17) is 5.10 Å². The van der Waals surface area contributed by atoms with E-state index in [0.29, 0.717) is 0 Å². The van der Waals surface area contributed by atoms with Crippen molar-refractivity contribution in [3.8, 4) is 11.3 Å². The Balaban J connectivity index is 1.82. The van der Waals surface area contributed by atoms with Gasteiger partial charge in [-0.25, -0.2) is 0 Å². The number of aromatic nitrogens is 2. The SMILES string of the molecule is c1ccc(Cn2nc(-c3ccccc3)c3sccc32)cc1. The van der Waals surface area contributed by atoms with Crippen molar-refractivity contribution < 1.29 is 0 Å². The normalized spacial score (nSPS) is 11.0. The standard InChI is InChI=1S/C18H14N2S/c1-3-7-14(8-4-1)13-20-16-11-12-21-18(16)17(19-20)15-9-5-2-6-10-15/h1-12H,13H2. The van der Waals surface area contributed by atoms with Crippen LogP contribution in [0.4, 0.5) is 0 Å². The lowest BCUT2D eigenvalue weighted by Crippen LogP contribution is -2.01. The highest BCUT2D eigenvalue weighted by atomic mass is 32.1. The molecule has 0 aliphatic heterocycles. The monoisotopic (exact) mass is 290 g/mol. The molecule has 0 atom stereocenters. The van der Waals surface area contributed by atoms with Crippen molar-refractivity contribution in [2.75, 3.05) is 0 Å². The molecule has 0 unspecified atom stereocenters. The van der Waals surface area contributed by atoms with Gasteiger partial charge in [-0.2, -0.15) is 5.10 Å². The molecule has 21 heavy (non-hydrogen) atoms. The second-order valence-electron chi connectivity index (χ2n) is 4.99. The molecule has 0 aliphatic carbocycles. The van der Waals surface area contributed by atoms with Gasteiger partial charge in [-0.1, -0.05) is 60.7 Å². The molecule has 0 aliphatic rings. The zero-order valence-corrected chi connectivity index (χ0v) is 12.3. The zero-order valence-electron chi connectivity index (χ0n) is 11.4. The lowest BCUT2D eigenvalue weighted by Gasteiger charge is -2.02. The summed E-state index contributed by atoms with van der Waals surface area (Å²) in [5, 5.41) is 6.98. The van der Waals surface area contributed by atoms with Gasteiger partial charge >= 0.3 is 0 Å². The van der Waals surface area contributed by atoms with E-state index < -0.39 is 0 Å². The molecule has 3 heteroatoms. The maximum absolute atomic E-state index is 4.84. The predicted molar refractivity (Wildman–Crippen MR) is 88.6 cm³/mol. The van der Waals surface area contributed by atoms with Gasteiger partial charge in [0, 0.05) is 5.56 Å². The summed E-state index contributed by atoms with van der Waals surface area (Å²) in [5.41, 5.74) is 4.74. The summed E-state index contributed by atoms with van der Waals surface area (Å²) in [7, 11) is 0. The molecule has 2 nitrogen and oxygen atoms in total. The summed E-state index contributed by atoms with van der Waals surface area (Å²) in [6.07, 6.45) is 0. The van der Waals surface area contributed by atoms with Crippen LogP contribution in [0.5, 0.6) is 0 Å². The summed E-state index contributed by atoms with van der Waals surface area (Å²) in [6, 6.07) is 23.0. The van der Waals surface area contributed by atoms with E-state index in [2.05, 4.69) is 64.7 Å². The van der Waals surface area contributed by atoms with Gasteiger partial charge in [-0.05, 0) is 17.0 Å². The molecule has 2 heterocycles. The van der Waals surface area contributed by atoms with Crippen LogP contribution in [0.3, 0.4) is 0 Å². The van der Waals surface area contributed by atoms with Crippen molar-refractivity contribution in [1.29, 1.82) is 0 Å². The highest BCUT2D eigenvalue weighted by molar-refractivity contribution is 7.17. The molecule has 0 fully saturated rings. The molecule has 102 valence electrons. The summed E-state index contributed by atoms with van der Waals surface area (Å²) in [5.74, 6) is 0. The van der Waals surface area contributed by atoms with Gasteiger partial charge in [-0.15, -0.1) is 11.3 Å². The van der Waals surface area contributed by atoms with Crippen molar-refractivity contribution in [1.82, 2.24) is 9.78 Å². The number of nitrogens with zero attached hydrogens (tertiary/aromatic N) is 2. The summed E-state index contributed by atoms with van der Waals surface area (Å²) < 4.78 is 3.36. The summed E-state index contributed by atoms with van der Waals surface area (Å²) in [4.78, 5) is 0. The molecular formula is C18H14N2S. The molecule has 2 aromatic heterocycles. The number of fused-ring (bicyclic) bond motifs is 1. The first-order valence-electron chi connectivity index (χ1n) is 6.95. The zero-order chi connectivity index (χ0) is 14.1. The molecule has 4 rings (SSSR count). The first-order valence-corrected chi connectivity index (χ1v) is 7.83. The van der Waals surface area contributed by atoms with E-state index in [0.717, 1.165) is 12.2 Å². The Bertz CT molecular complexity index is 860. The summed E-state index contributed by atoms with van der Waals surface area (Å²) in [6.45, 7) is 0.806. The van der Waals surface area contributed by atoms with E-state index in [1.54, 1.807) is 11.3 Å². The van der Waals surface area contributed by atoms with Crippen LogP contribution in [0.1, 0.15) is 5.56 Å². The molecular weight excluding hydrogens is 276 g/mol. The molecule has 0 bridgehead atoms. The molecule has 0 spiro atoms. The maximum atomic E-state index is 4.84. The highest BCUT2D eigenvalue weighted by Gasteiger charge is 2.13. The lowest BCUT2D eigenvalue weighted by atomic mass is 10.1. The van der Waals surface area contributed by atoms with Crippen LogP contribution in [0.2, 0.25) is 0 Å². The first-order chi connectivity index (χ1) is 10.4. The van der Waals surface area contributed by atoms with Gasteiger partial charge in [0.25, 0.3) is 0 Å². The first kappa shape index (κ1) is 12.4. The van der Waals surface area contributed by atoms with Gasteiger partial charge in [0.2, 0.25) is 0 Å². The van der Waals surface area contributed by atoms with Crippen LogP contribution >= 0.6 is 11.3 Å². The Morgan fingerprint density at radius 2 is 1.57 bits per heavy atom. The fraction of sp³-hybridized carbons (Fsp3) is 0.0556. The smallest absolute Gasteiger partial charge is 0.110 e. The van der Waals surface area contributed by atoms with E-state index >= 15 is 0 Å². The fourth-order valence-electron chi connectivity index (χ4n) is 2.56. The van der Waals surface area contributed by atoms with Crippen LogP contribution in [-0.2, 0) is 6.54 Å². The van der Waals surface area contributed by atoms with Crippen LogP contribution in [0.25, 0.3) is 21.5 Å². The van der Waals surface area contributed by atoms with Crippen LogP contribution in [0, 0.1) is 0 Å². The number of hydrogen-bond donors (Lipinski definition) is 0. The molecule has 0 saturated carbocycles. The average Bonchev–Trinajstić information content (AvgIpc) is 3.13. The molecule has 4 aromatic rings. The molecule has 0 amide bonds. The molecule has 2 aromatic carbocycles. The quantitative estimate of drug-likeness (QED) is 0.529. The van der Waals surface area contributed by atoms with E-state index in [9.17, 15) is 0 Å². The average molecular weight is 290 g/mol. The van der Waals surface area contributed by atoms with Crippen molar-refractivity contribution >= 4 is 21.6 Å². The Morgan fingerprint density at radius 1 is 0.857 bits per heavy atom. The lowest BCUT2D eigenvalue weighted by molar-refractivity contribution is 0.715. The molecule has 0 radical (unpaired) electrons. The van der Waals surface area contributed by atoms with Crippen molar-refractivity contribution in [2.45, 2.75) is 6.54 Å². The van der Waals surface area contributed by atoms with Gasteiger partial charge < -0.3 is 0 Å². The topological polar surface area (TPSA) is 17.8 Å². The molecule has 0 saturated heterocycles. The Hall–Kier alpha value is -2.39. The number of hydrogen-bond acceptors (Lipinski definition) is 2. The minimum absolute atomic E-state index is 0.806. The third-order valence-electron chi connectivity index (χ3n) is 3.58. The van der Waals surface area contributed by atoms with Gasteiger partial charge in [0.1, 0.15) is 5.69 Å². The second-order valence-corrected chi connectivity index (χ2v) is 5.91. The highest BCUT2D eigenvalue weighted by Crippen LogP contribution is 2.32. The van der Waals surface area contributed by atoms with Gasteiger partial charge in [0.05, 0.1) is 16.8 Å². The maximum Gasteiger partial charge on any atom is 0.110 e. The Labute approximate surface area is 127 Å². The largest absolute Gasteiger partial charge is 0.259 e. The van der Waals surface area contributed by atoms with E-state index in [1.807, 2.05) is 12.1 Å². The van der Waals surface area contributed by atoms with Gasteiger partial charge in [-0.3, -0.25) is 4.68 Å². The number of thiophene rings is 1. The van der Waals surface area contributed by atoms with Crippen LogP contribution in [0.15, 0.2) is 72.1 Å². The minimum Gasteiger partial charge on any atom is -0.259 e. The van der Waals surface area contributed by atoms with Crippen LogP contribution < -0.4 is 0 Å². The second kappa shape index (κ2) is 5.19. The minimum atomic E-state index is 0.806. The van der Waals surface area contributed by atoms with Crippen molar-refractivity contribution in [2.24, 2.45) is 0 Å². The third-order valence-corrected chi connectivity index (χ3v) is 4.49. The number of benzene rings is 2. The van der Waals surface area contributed by atoms with Crippen LogP contribution in [-0.4, -0.2) is 9.78 Å². The van der Waals surface area contributed by atoms with E-state index in [1.165, 1.54) is 21.3 Å².